The zero-order valence-corrected chi connectivity index (χ0v) is 13.0. The summed E-state index contributed by atoms with van der Waals surface area (Å²) in [7, 11) is 1.81. The van der Waals surface area contributed by atoms with Gasteiger partial charge in [-0.25, -0.2) is 0 Å². The van der Waals surface area contributed by atoms with Gasteiger partial charge < -0.3 is 10.2 Å². The van der Waals surface area contributed by atoms with E-state index in [1.54, 1.807) is 7.05 Å². The van der Waals surface area contributed by atoms with Gasteiger partial charge in [-0.15, -0.1) is 0 Å². The van der Waals surface area contributed by atoms with Crippen LogP contribution in [0.5, 0.6) is 0 Å². The molecule has 0 spiro atoms. The van der Waals surface area contributed by atoms with Gasteiger partial charge >= 0.3 is 0 Å². The minimum absolute atomic E-state index is 0.764. The molecule has 0 amide bonds. The lowest BCUT2D eigenvalue weighted by Gasteiger charge is -2.15. The lowest BCUT2D eigenvalue weighted by atomic mass is 9.93. The summed E-state index contributed by atoms with van der Waals surface area (Å²) in [6.45, 7) is 0. The monoisotopic (exact) mass is 302 g/mol. The molecule has 0 saturated heterocycles. The summed E-state index contributed by atoms with van der Waals surface area (Å²) in [4.78, 5) is 4.36. The molecule has 1 aliphatic carbocycles. The molecule has 0 saturated carbocycles. The van der Waals surface area contributed by atoms with Crippen molar-refractivity contribution in [1.82, 2.24) is 0 Å². The van der Waals surface area contributed by atoms with Gasteiger partial charge in [-0.2, -0.15) is 0 Å². The summed E-state index contributed by atoms with van der Waals surface area (Å²) in [5.41, 5.74) is 12.0. The maximum atomic E-state index is 6.53. The third kappa shape index (κ3) is 2.16. The molecular weight excluding hydrogens is 284 g/mol. The highest BCUT2D eigenvalue weighted by atomic mass is 16.3. The van der Waals surface area contributed by atoms with Crippen LogP contribution >= 0.6 is 0 Å². The summed E-state index contributed by atoms with van der Waals surface area (Å²) in [5, 5.41) is 2.22. The number of rotatable bonds is 1. The second-order valence-corrected chi connectivity index (χ2v) is 5.72. The second kappa shape index (κ2) is 5.43. The number of hydrogen-bond donors (Lipinski definition) is 1. The highest BCUT2D eigenvalue weighted by molar-refractivity contribution is 6.15. The van der Waals surface area contributed by atoms with Crippen molar-refractivity contribution in [3.8, 4) is 0 Å². The minimum Gasteiger partial charge on any atom is -0.455 e. The van der Waals surface area contributed by atoms with Crippen molar-refractivity contribution < 1.29 is 4.42 Å². The number of furan rings is 1. The zero-order valence-electron chi connectivity index (χ0n) is 13.0. The van der Waals surface area contributed by atoms with Crippen LogP contribution in [0.25, 0.3) is 27.6 Å². The molecule has 2 N–H and O–H groups in total. The molecule has 0 radical (unpaired) electrons. The Hall–Kier alpha value is -2.81. The van der Waals surface area contributed by atoms with E-state index in [1.807, 2.05) is 36.4 Å². The molecular formula is C20H18N2O. The number of nitrogens with two attached hydrogens (primary N) is 1. The molecule has 0 unspecified atom stereocenters. The Kier molecular flexibility index (Phi) is 3.27. The molecule has 3 aromatic rings. The fraction of sp³-hybridized carbons (Fsp3) is 0.150. The van der Waals surface area contributed by atoms with Crippen LogP contribution in [0.3, 0.4) is 0 Å². The summed E-state index contributed by atoms with van der Waals surface area (Å²) in [6.07, 6.45) is 6.09. The fourth-order valence-corrected chi connectivity index (χ4v) is 3.26. The molecule has 0 aliphatic heterocycles. The van der Waals surface area contributed by atoms with E-state index in [0.29, 0.717) is 0 Å². The Morgan fingerprint density at radius 3 is 2.78 bits per heavy atom. The van der Waals surface area contributed by atoms with Crippen molar-refractivity contribution in [2.24, 2.45) is 10.7 Å². The largest absolute Gasteiger partial charge is 0.455 e. The van der Waals surface area contributed by atoms with E-state index >= 15 is 0 Å². The van der Waals surface area contributed by atoms with Crippen LogP contribution in [-0.2, 0) is 0 Å². The Bertz CT molecular complexity index is 989. The van der Waals surface area contributed by atoms with E-state index in [0.717, 1.165) is 57.3 Å². The van der Waals surface area contributed by atoms with Crippen molar-refractivity contribution in [2.75, 3.05) is 7.05 Å². The lowest BCUT2D eigenvalue weighted by Crippen LogP contribution is -2.11. The highest BCUT2D eigenvalue weighted by Gasteiger charge is 2.17. The summed E-state index contributed by atoms with van der Waals surface area (Å²) < 4.78 is 6.09. The number of hydrogen-bond acceptors (Lipinski definition) is 3. The number of benzene rings is 2. The lowest BCUT2D eigenvalue weighted by molar-refractivity contribution is 0.667. The van der Waals surface area contributed by atoms with E-state index in [4.69, 9.17) is 10.2 Å². The van der Waals surface area contributed by atoms with Crippen molar-refractivity contribution in [1.29, 1.82) is 0 Å². The van der Waals surface area contributed by atoms with Crippen LogP contribution in [0.4, 0.5) is 0 Å². The Labute approximate surface area is 134 Å². The maximum Gasteiger partial charge on any atom is 0.144 e. The van der Waals surface area contributed by atoms with Crippen molar-refractivity contribution in [2.45, 2.75) is 12.8 Å². The minimum atomic E-state index is 0.764. The van der Waals surface area contributed by atoms with Gasteiger partial charge in [0.15, 0.2) is 0 Å². The standard InChI is InChI=1S/C20H18N2O/c1-22-17-11-4-2-8-15(17)19(21)16-10-6-9-14-13-7-3-5-12-18(13)23-20(14)16/h3-7,9-12H,2,8,21H2,1H3. The Balaban J connectivity index is 2.00. The first-order valence-electron chi connectivity index (χ1n) is 7.82. The molecule has 1 aromatic heterocycles. The number of aliphatic imine (C=N–C) groups is 1. The molecule has 23 heavy (non-hydrogen) atoms. The molecule has 0 fully saturated rings. The van der Waals surface area contributed by atoms with E-state index in [-0.39, 0.29) is 0 Å². The third-order valence-electron chi connectivity index (χ3n) is 4.41. The maximum absolute atomic E-state index is 6.53. The fourth-order valence-electron chi connectivity index (χ4n) is 3.26. The third-order valence-corrected chi connectivity index (χ3v) is 4.41. The number of para-hydroxylation sites is 2. The normalized spacial score (nSPS) is 18.9. The van der Waals surface area contributed by atoms with Crippen LogP contribution < -0.4 is 5.73 Å². The topological polar surface area (TPSA) is 51.5 Å². The van der Waals surface area contributed by atoms with E-state index in [1.165, 1.54) is 0 Å². The van der Waals surface area contributed by atoms with E-state index < -0.39 is 0 Å². The van der Waals surface area contributed by atoms with Crippen molar-refractivity contribution >= 4 is 33.3 Å². The molecule has 4 rings (SSSR count). The van der Waals surface area contributed by atoms with Crippen LogP contribution in [0.2, 0.25) is 0 Å². The molecule has 2 aromatic carbocycles. The predicted molar refractivity (Wildman–Crippen MR) is 96.6 cm³/mol. The summed E-state index contributed by atoms with van der Waals surface area (Å²) in [5.74, 6) is 0. The average Bonchev–Trinajstić information content (AvgIpc) is 3.00. The quantitative estimate of drug-likeness (QED) is 0.709. The van der Waals surface area contributed by atoms with Crippen LogP contribution in [0, 0.1) is 0 Å². The molecule has 3 nitrogen and oxygen atoms in total. The Morgan fingerprint density at radius 1 is 1.09 bits per heavy atom. The first-order chi connectivity index (χ1) is 11.3. The van der Waals surface area contributed by atoms with Gasteiger partial charge in [-0.1, -0.05) is 36.4 Å². The van der Waals surface area contributed by atoms with E-state index in [9.17, 15) is 0 Å². The molecule has 3 heteroatoms. The van der Waals surface area contributed by atoms with Crippen LogP contribution in [0.1, 0.15) is 18.4 Å². The highest BCUT2D eigenvalue weighted by Crippen LogP contribution is 2.34. The van der Waals surface area contributed by atoms with Crippen molar-refractivity contribution in [3.63, 3.8) is 0 Å². The van der Waals surface area contributed by atoms with Gasteiger partial charge in [-0.05, 0) is 31.1 Å². The van der Waals surface area contributed by atoms with Crippen LogP contribution in [-0.4, -0.2) is 12.8 Å². The molecule has 1 aliphatic rings. The SMILES string of the molecule is CN=C1C=CCCC1=C(N)c1cccc2c1oc1ccccc12. The van der Waals surface area contributed by atoms with Gasteiger partial charge in [-0.3, -0.25) is 4.99 Å². The average molecular weight is 302 g/mol. The first kappa shape index (κ1) is 13.8. The molecule has 0 bridgehead atoms. The van der Waals surface area contributed by atoms with Crippen LogP contribution in [0.15, 0.2) is 69.6 Å². The van der Waals surface area contributed by atoms with Crippen molar-refractivity contribution in [3.05, 3.63) is 65.8 Å². The summed E-state index contributed by atoms with van der Waals surface area (Å²) in [6, 6.07) is 14.2. The van der Waals surface area contributed by atoms with Gasteiger partial charge in [0.05, 0.1) is 5.71 Å². The zero-order chi connectivity index (χ0) is 15.8. The molecule has 1 heterocycles. The van der Waals surface area contributed by atoms with Gasteiger partial charge in [0.1, 0.15) is 11.2 Å². The molecule has 0 atom stereocenters. The second-order valence-electron chi connectivity index (χ2n) is 5.72. The number of allylic oxidation sites excluding steroid dienone is 3. The number of fused-ring (bicyclic) bond motifs is 3. The Morgan fingerprint density at radius 2 is 1.91 bits per heavy atom. The first-order valence-corrected chi connectivity index (χ1v) is 7.82. The van der Waals surface area contributed by atoms with Gasteiger partial charge in [0.25, 0.3) is 0 Å². The van der Waals surface area contributed by atoms with E-state index in [2.05, 4.69) is 23.2 Å². The molecule has 114 valence electrons. The van der Waals surface area contributed by atoms with Gasteiger partial charge in [0, 0.05) is 34.7 Å². The number of nitrogens with zero attached hydrogens (tertiary/aromatic N) is 1. The van der Waals surface area contributed by atoms with Gasteiger partial charge in [0.2, 0.25) is 0 Å². The summed E-state index contributed by atoms with van der Waals surface area (Å²) >= 11 is 0. The smallest absolute Gasteiger partial charge is 0.144 e. The predicted octanol–water partition coefficient (Wildman–Crippen LogP) is 4.68.